The van der Waals surface area contributed by atoms with E-state index in [4.69, 9.17) is 7.12 Å². The highest BCUT2D eigenvalue weighted by atomic mass is 33.1. The van der Waals surface area contributed by atoms with Crippen molar-refractivity contribution in [3.05, 3.63) is 11.5 Å². The summed E-state index contributed by atoms with van der Waals surface area (Å²) < 4.78 is 0. The Kier molecular flexibility index (Phi) is 5.46. The Balaban J connectivity index is 3.34. The van der Waals surface area contributed by atoms with E-state index in [2.05, 4.69) is 26.8 Å². The lowest BCUT2D eigenvalue weighted by Crippen LogP contribution is -2.01. The molecule has 0 rings (SSSR count). The molecule has 0 fully saturated rings. The van der Waals surface area contributed by atoms with Crippen molar-refractivity contribution in [2.75, 3.05) is 0 Å². The Morgan fingerprint density at radius 2 is 2.00 bits per heavy atom. The molecule has 10 heavy (non-hydrogen) atoms. The second-order valence-electron chi connectivity index (χ2n) is 3.33. The van der Waals surface area contributed by atoms with Gasteiger partial charge in [-0.15, -0.1) is 0 Å². The Hall–Kier alpha value is 0.505. The van der Waals surface area contributed by atoms with Gasteiger partial charge in [0.1, 0.15) is 0 Å². The molecule has 0 nitrogen and oxygen atoms in total. The van der Waals surface area contributed by atoms with Crippen molar-refractivity contribution < 1.29 is 0 Å². The third-order valence-electron chi connectivity index (χ3n) is 0.938. The molecule has 0 N–H and O–H groups in total. The van der Waals surface area contributed by atoms with Crippen molar-refractivity contribution in [3.8, 4) is 0 Å². The van der Waals surface area contributed by atoms with Gasteiger partial charge in [0.05, 0.1) is 0 Å². The maximum Gasteiger partial charge on any atom is 0.178 e. The molecule has 56 valence electrons. The Morgan fingerprint density at radius 3 is 2.40 bits per heavy atom. The summed E-state index contributed by atoms with van der Waals surface area (Å²) in [6, 6.07) is 0. The highest BCUT2D eigenvalue weighted by Gasteiger charge is 2.05. The lowest BCUT2D eigenvalue weighted by atomic mass is 9.93. The molecule has 0 aromatic heterocycles. The van der Waals surface area contributed by atoms with Crippen molar-refractivity contribution in [1.82, 2.24) is 0 Å². The molecule has 0 aliphatic rings. The number of rotatable bonds is 3. The second kappa shape index (κ2) is 5.19. The van der Waals surface area contributed by atoms with Crippen LogP contribution in [0.15, 0.2) is 11.5 Å². The van der Waals surface area contributed by atoms with Crippen LogP contribution in [0, 0.1) is 5.41 Å². The highest BCUT2D eigenvalue weighted by molar-refractivity contribution is 8.85. The van der Waals surface area contributed by atoms with Gasteiger partial charge in [0.2, 0.25) is 0 Å². The standard InChI is InChI=1S/C7H13BS2/c1-7(2,3)5-4-6-9-10-8/h4,6H,5H2,1-3H3/b6-4+. The van der Waals surface area contributed by atoms with Gasteiger partial charge in [-0.05, 0) is 17.2 Å². The van der Waals surface area contributed by atoms with E-state index in [1.165, 1.54) is 10.6 Å². The van der Waals surface area contributed by atoms with Gasteiger partial charge in [0, 0.05) is 0 Å². The van der Waals surface area contributed by atoms with Crippen LogP contribution in [-0.4, -0.2) is 7.12 Å². The van der Waals surface area contributed by atoms with E-state index >= 15 is 0 Å². The van der Waals surface area contributed by atoms with Gasteiger partial charge >= 0.3 is 0 Å². The Bertz CT molecular complexity index is 105. The molecule has 0 aliphatic carbocycles. The normalized spacial score (nSPS) is 12.7. The van der Waals surface area contributed by atoms with E-state index in [1.807, 2.05) is 5.41 Å². The molecule has 0 heterocycles. The number of hydrogen-bond acceptors (Lipinski definition) is 2. The summed E-state index contributed by atoms with van der Waals surface area (Å²) in [6.45, 7) is 6.66. The smallest absolute Gasteiger partial charge is 0.159 e. The third-order valence-corrected chi connectivity index (χ3v) is 2.02. The lowest BCUT2D eigenvalue weighted by Gasteiger charge is -2.14. The van der Waals surface area contributed by atoms with E-state index in [-0.39, 0.29) is 0 Å². The maximum absolute atomic E-state index is 5.21. The zero-order chi connectivity index (χ0) is 8.04. The van der Waals surface area contributed by atoms with Crippen molar-refractivity contribution in [3.63, 3.8) is 0 Å². The van der Waals surface area contributed by atoms with Crippen LogP contribution in [0.4, 0.5) is 0 Å². The average molecular weight is 172 g/mol. The van der Waals surface area contributed by atoms with Gasteiger partial charge in [-0.3, -0.25) is 0 Å². The van der Waals surface area contributed by atoms with E-state index in [9.17, 15) is 0 Å². The zero-order valence-electron chi connectivity index (χ0n) is 6.76. The van der Waals surface area contributed by atoms with E-state index in [0.29, 0.717) is 5.41 Å². The van der Waals surface area contributed by atoms with Crippen molar-refractivity contribution in [2.24, 2.45) is 5.41 Å². The summed E-state index contributed by atoms with van der Waals surface area (Å²) in [4.78, 5) is 0. The predicted octanol–water partition coefficient (Wildman–Crippen LogP) is 3.40. The second-order valence-corrected chi connectivity index (χ2v) is 5.14. The van der Waals surface area contributed by atoms with E-state index in [0.717, 1.165) is 6.42 Å². The quantitative estimate of drug-likeness (QED) is 0.472. The molecule has 0 spiro atoms. The summed E-state index contributed by atoms with van der Waals surface area (Å²) in [5.41, 5.74) is 0.399. The first-order valence-electron chi connectivity index (χ1n) is 3.23. The average Bonchev–Trinajstić information content (AvgIpc) is 1.78. The van der Waals surface area contributed by atoms with Gasteiger partial charge in [-0.2, -0.15) is 10.6 Å². The first-order chi connectivity index (χ1) is 4.56. The summed E-state index contributed by atoms with van der Waals surface area (Å²) in [5, 5.41) is 2.04. The van der Waals surface area contributed by atoms with Crippen LogP contribution in [0.3, 0.4) is 0 Å². The summed E-state index contributed by atoms with van der Waals surface area (Å²) in [5.74, 6) is 0. The molecule has 3 heteroatoms. The number of allylic oxidation sites excluding steroid dienone is 1. The summed E-state index contributed by atoms with van der Waals surface area (Å²) >= 11 is 0. The van der Waals surface area contributed by atoms with Gasteiger partial charge in [-0.1, -0.05) is 37.6 Å². The Morgan fingerprint density at radius 1 is 1.40 bits per heavy atom. The predicted molar refractivity (Wildman–Crippen MR) is 54.1 cm³/mol. The van der Waals surface area contributed by atoms with E-state index in [1.54, 1.807) is 10.8 Å². The molecule has 0 atom stereocenters. The molecule has 0 bridgehead atoms. The van der Waals surface area contributed by atoms with Crippen molar-refractivity contribution in [2.45, 2.75) is 27.2 Å². The van der Waals surface area contributed by atoms with Crippen LogP contribution in [0.2, 0.25) is 0 Å². The Labute approximate surface area is 72.9 Å². The fourth-order valence-corrected chi connectivity index (χ4v) is 1.14. The molecule has 2 radical (unpaired) electrons. The minimum atomic E-state index is 0.399. The molecular formula is C7H13BS2. The molecular weight excluding hydrogens is 159 g/mol. The van der Waals surface area contributed by atoms with Crippen LogP contribution in [0.1, 0.15) is 27.2 Å². The highest BCUT2D eigenvalue weighted by Crippen LogP contribution is 2.22. The van der Waals surface area contributed by atoms with Gasteiger partial charge in [0.25, 0.3) is 0 Å². The van der Waals surface area contributed by atoms with Gasteiger partial charge in [-0.25, -0.2) is 0 Å². The molecule has 0 amide bonds. The van der Waals surface area contributed by atoms with Crippen LogP contribution < -0.4 is 0 Å². The molecule has 0 unspecified atom stereocenters. The summed E-state index contributed by atoms with van der Waals surface area (Å²) in [7, 11) is 8.05. The summed E-state index contributed by atoms with van der Waals surface area (Å²) in [6.07, 6.45) is 3.27. The van der Waals surface area contributed by atoms with Crippen molar-refractivity contribution in [1.29, 1.82) is 0 Å². The fourth-order valence-electron chi connectivity index (χ4n) is 0.473. The molecule has 0 aromatic rings. The van der Waals surface area contributed by atoms with Crippen LogP contribution >= 0.6 is 21.4 Å². The van der Waals surface area contributed by atoms with Crippen LogP contribution in [-0.2, 0) is 0 Å². The first kappa shape index (κ1) is 10.5. The molecule has 0 saturated heterocycles. The van der Waals surface area contributed by atoms with Gasteiger partial charge < -0.3 is 0 Å². The van der Waals surface area contributed by atoms with E-state index < -0.39 is 0 Å². The zero-order valence-corrected chi connectivity index (χ0v) is 8.39. The lowest BCUT2D eigenvalue weighted by molar-refractivity contribution is 0.421. The molecule has 0 saturated carbocycles. The van der Waals surface area contributed by atoms with Crippen LogP contribution in [0.25, 0.3) is 0 Å². The third kappa shape index (κ3) is 8.50. The molecule has 0 aromatic carbocycles. The number of hydrogen-bond donors (Lipinski definition) is 0. The van der Waals surface area contributed by atoms with Gasteiger partial charge in [0.15, 0.2) is 7.12 Å². The SMILES string of the molecule is [B]SS/C=C/CC(C)(C)C. The largest absolute Gasteiger partial charge is 0.178 e. The minimum Gasteiger partial charge on any atom is -0.159 e. The monoisotopic (exact) mass is 172 g/mol. The topological polar surface area (TPSA) is 0 Å². The van der Waals surface area contributed by atoms with Crippen LogP contribution in [0.5, 0.6) is 0 Å². The molecule has 0 aliphatic heterocycles. The van der Waals surface area contributed by atoms with Crippen molar-refractivity contribution >= 4 is 28.6 Å². The first-order valence-corrected chi connectivity index (χ1v) is 5.51. The fraction of sp³-hybridized carbons (Fsp3) is 0.714. The minimum absolute atomic E-state index is 0.399. The maximum atomic E-state index is 5.21.